The van der Waals surface area contributed by atoms with E-state index in [1.165, 1.54) is 19.3 Å². The lowest BCUT2D eigenvalue weighted by Gasteiger charge is -2.31. The van der Waals surface area contributed by atoms with E-state index in [4.69, 9.17) is 9.72 Å². The van der Waals surface area contributed by atoms with Crippen LogP contribution in [0.1, 0.15) is 48.3 Å². The van der Waals surface area contributed by atoms with Gasteiger partial charge >= 0.3 is 0 Å². The number of nitrogens with one attached hydrogen (secondary N) is 1. The molecule has 1 fully saturated rings. The first-order valence-corrected chi connectivity index (χ1v) is 11.7. The Morgan fingerprint density at radius 3 is 2.55 bits per heavy atom. The molecule has 1 aliphatic rings. The van der Waals surface area contributed by atoms with Crippen molar-refractivity contribution in [1.29, 1.82) is 0 Å². The highest BCUT2D eigenvalue weighted by molar-refractivity contribution is 5.94. The first-order chi connectivity index (χ1) is 16.1. The second-order valence-electron chi connectivity index (χ2n) is 8.63. The molecule has 1 aliphatic carbocycles. The van der Waals surface area contributed by atoms with E-state index in [0.717, 1.165) is 29.7 Å². The molecule has 3 aromatic rings. The van der Waals surface area contributed by atoms with Crippen LogP contribution in [-0.4, -0.2) is 53.0 Å². The smallest absolute Gasteiger partial charge is 0.251 e. The van der Waals surface area contributed by atoms with Gasteiger partial charge in [-0.3, -0.25) is 9.59 Å². The van der Waals surface area contributed by atoms with Crippen molar-refractivity contribution < 1.29 is 14.3 Å². The molecule has 1 heterocycles. The quantitative estimate of drug-likeness (QED) is 0.569. The maximum atomic E-state index is 13.1. The number of amides is 2. The van der Waals surface area contributed by atoms with Gasteiger partial charge in [-0.05, 0) is 49.2 Å². The molecule has 2 aromatic carbocycles. The number of carbonyl (C=O) groups is 2. The van der Waals surface area contributed by atoms with Crippen LogP contribution in [0, 0.1) is 0 Å². The number of benzene rings is 2. The number of nitrogens with zero attached hydrogens (tertiary/aromatic N) is 3. The van der Waals surface area contributed by atoms with Gasteiger partial charge in [-0.15, -0.1) is 0 Å². The molecule has 0 radical (unpaired) electrons. The summed E-state index contributed by atoms with van der Waals surface area (Å²) in [5.74, 6) is 1.47. The minimum atomic E-state index is -0.145. The molecule has 0 aliphatic heterocycles. The summed E-state index contributed by atoms with van der Waals surface area (Å²) in [6.45, 7) is 0.691. The summed E-state index contributed by atoms with van der Waals surface area (Å²) in [7, 11) is 3.52. The van der Waals surface area contributed by atoms with Crippen LogP contribution in [0.5, 0.6) is 5.75 Å². The fourth-order valence-corrected chi connectivity index (χ4v) is 4.54. The number of carbonyl (C=O) groups excluding carboxylic acids is 2. The molecule has 4 rings (SSSR count). The van der Waals surface area contributed by atoms with Crippen molar-refractivity contribution >= 4 is 22.8 Å². The first-order valence-electron chi connectivity index (χ1n) is 11.7. The standard InChI is InChI=1S/C26H32N4O3/c1-29(20-8-4-3-5-9-20)25(31)18-30-23-11-7-6-10-22(23)28-24(30)16-17-27-26(32)19-12-14-21(33-2)15-13-19/h6-7,10-15,20H,3-5,8-9,16-18H2,1-2H3,(H,27,32). The van der Waals surface area contributed by atoms with Crippen molar-refractivity contribution in [2.24, 2.45) is 0 Å². The maximum Gasteiger partial charge on any atom is 0.251 e. The number of para-hydroxylation sites is 2. The molecule has 1 aromatic heterocycles. The average Bonchev–Trinajstić information content (AvgIpc) is 3.21. The molecule has 1 N–H and O–H groups in total. The van der Waals surface area contributed by atoms with E-state index in [1.54, 1.807) is 31.4 Å². The Morgan fingerprint density at radius 2 is 1.82 bits per heavy atom. The fourth-order valence-electron chi connectivity index (χ4n) is 4.54. The summed E-state index contributed by atoms with van der Waals surface area (Å²) in [6, 6.07) is 15.2. The minimum absolute atomic E-state index is 0.105. The van der Waals surface area contributed by atoms with Gasteiger partial charge in [-0.25, -0.2) is 4.98 Å². The van der Waals surface area contributed by atoms with Gasteiger partial charge in [0.1, 0.15) is 18.1 Å². The molecule has 2 amide bonds. The van der Waals surface area contributed by atoms with Crippen LogP contribution in [0.3, 0.4) is 0 Å². The van der Waals surface area contributed by atoms with Gasteiger partial charge in [-0.2, -0.15) is 0 Å². The van der Waals surface area contributed by atoms with Gasteiger partial charge in [0.25, 0.3) is 5.91 Å². The summed E-state index contributed by atoms with van der Waals surface area (Å²) in [5, 5.41) is 2.96. The van der Waals surface area contributed by atoms with Crippen LogP contribution in [0.4, 0.5) is 0 Å². The molecule has 7 nitrogen and oxygen atoms in total. The minimum Gasteiger partial charge on any atom is -0.497 e. The van der Waals surface area contributed by atoms with Crippen molar-refractivity contribution in [3.63, 3.8) is 0 Å². The highest BCUT2D eigenvalue weighted by Gasteiger charge is 2.23. The average molecular weight is 449 g/mol. The highest BCUT2D eigenvalue weighted by Crippen LogP contribution is 2.23. The Hall–Kier alpha value is -3.35. The Bertz CT molecular complexity index is 1100. The molecule has 7 heteroatoms. The lowest BCUT2D eigenvalue weighted by molar-refractivity contribution is -0.133. The maximum absolute atomic E-state index is 13.1. The summed E-state index contributed by atoms with van der Waals surface area (Å²) < 4.78 is 7.14. The zero-order valence-electron chi connectivity index (χ0n) is 19.4. The zero-order chi connectivity index (χ0) is 23.2. The summed E-state index contributed by atoms with van der Waals surface area (Å²) in [5.41, 5.74) is 2.38. The van der Waals surface area contributed by atoms with E-state index in [2.05, 4.69) is 5.32 Å². The van der Waals surface area contributed by atoms with E-state index < -0.39 is 0 Å². The zero-order valence-corrected chi connectivity index (χ0v) is 19.4. The largest absolute Gasteiger partial charge is 0.497 e. The molecule has 0 spiro atoms. The second-order valence-corrected chi connectivity index (χ2v) is 8.63. The molecule has 1 saturated carbocycles. The van der Waals surface area contributed by atoms with Crippen molar-refractivity contribution in [3.05, 3.63) is 59.9 Å². The monoisotopic (exact) mass is 448 g/mol. The highest BCUT2D eigenvalue weighted by atomic mass is 16.5. The number of likely N-dealkylation sites (N-methyl/N-ethyl adjacent to an activating group) is 1. The third-order valence-electron chi connectivity index (χ3n) is 6.53. The molecule has 0 unspecified atom stereocenters. The van der Waals surface area contributed by atoms with Crippen LogP contribution < -0.4 is 10.1 Å². The van der Waals surface area contributed by atoms with Crippen molar-refractivity contribution in [3.8, 4) is 5.75 Å². The fraction of sp³-hybridized carbons (Fsp3) is 0.423. The van der Waals surface area contributed by atoms with Gasteiger partial charge in [0.05, 0.1) is 18.1 Å². The number of rotatable bonds is 8. The van der Waals surface area contributed by atoms with Crippen LogP contribution >= 0.6 is 0 Å². The van der Waals surface area contributed by atoms with Gasteiger partial charge in [0.15, 0.2) is 0 Å². The van der Waals surface area contributed by atoms with Gasteiger partial charge in [0.2, 0.25) is 5.91 Å². The lowest BCUT2D eigenvalue weighted by atomic mass is 9.94. The third kappa shape index (κ3) is 5.35. The van der Waals surface area contributed by atoms with Crippen LogP contribution in [0.25, 0.3) is 11.0 Å². The molecule has 0 saturated heterocycles. The topological polar surface area (TPSA) is 76.5 Å². The number of hydrogen-bond donors (Lipinski definition) is 1. The first kappa shape index (κ1) is 22.8. The van der Waals surface area contributed by atoms with Crippen LogP contribution in [-0.2, 0) is 17.8 Å². The summed E-state index contributed by atoms with van der Waals surface area (Å²) in [4.78, 5) is 32.3. The molecular weight excluding hydrogens is 416 g/mol. The normalized spacial score (nSPS) is 14.2. The number of aromatic nitrogens is 2. The van der Waals surface area contributed by atoms with Gasteiger partial charge < -0.3 is 19.5 Å². The number of ether oxygens (including phenoxy) is 1. The number of methoxy groups -OCH3 is 1. The van der Waals surface area contributed by atoms with Crippen LogP contribution in [0.2, 0.25) is 0 Å². The predicted molar refractivity (Wildman–Crippen MR) is 128 cm³/mol. The van der Waals surface area contributed by atoms with Crippen LogP contribution in [0.15, 0.2) is 48.5 Å². The van der Waals surface area contributed by atoms with Crippen molar-refractivity contribution in [2.75, 3.05) is 20.7 Å². The molecular formula is C26H32N4O3. The Labute approximate surface area is 194 Å². The SMILES string of the molecule is COc1ccc(C(=O)NCCc2nc3ccccc3n2CC(=O)N(C)C2CCCCC2)cc1. The summed E-state index contributed by atoms with van der Waals surface area (Å²) >= 11 is 0. The number of imidazole rings is 1. The molecule has 0 bridgehead atoms. The Balaban J connectivity index is 1.44. The predicted octanol–water partition coefficient (Wildman–Crippen LogP) is 3.81. The van der Waals surface area contributed by atoms with Gasteiger partial charge in [0, 0.05) is 31.6 Å². The summed E-state index contributed by atoms with van der Waals surface area (Å²) in [6.07, 6.45) is 6.34. The number of fused-ring (bicyclic) bond motifs is 1. The Kier molecular flexibility index (Phi) is 7.27. The van der Waals surface area contributed by atoms with E-state index in [1.807, 2.05) is 40.8 Å². The molecule has 0 atom stereocenters. The van der Waals surface area contributed by atoms with Crippen molar-refractivity contribution in [1.82, 2.24) is 19.8 Å². The second kappa shape index (κ2) is 10.5. The number of hydrogen-bond acceptors (Lipinski definition) is 4. The van der Waals surface area contributed by atoms with E-state index in [-0.39, 0.29) is 18.4 Å². The third-order valence-corrected chi connectivity index (χ3v) is 6.53. The molecule has 174 valence electrons. The Morgan fingerprint density at radius 1 is 1.09 bits per heavy atom. The lowest BCUT2D eigenvalue weighted by Crippen LogP contribution is -2.40. The molecule has 33 heavy (non-hydrogen) atoms. The van der Waals surface area contributed by atoms with Gasteiger partial charge in [-0.1, -0.05) is 31.4 Å². The van der Waals surface area contributed by atoms with E-state index in [9.17, 15) is 9.59 Å². The van der Waals surface area contributed by atoms with E-state index >= 15 is 0 Å². The van der Waals surface area contributed by atoms with Crippen molar-refractivity contribution in [2.45, 2.75) is 51.1 Å². The van der Waals surface area contributed by atoms with E-state index in [0.29, 0.717) is 30.3 Å².